The highest BCUT2D eigenvalue weighted by atomic mass is 32.2. The monoisotopic (exact) mass is 651 g/mol. The molecule has 0 spiro atoms. The molecule has 242 valence electrons. The molecule has 1 aliphatic heterocycles. The van der Waals surface area contributed by atoms with Crippen LogP contribution >= 0.6 is 0 Å². The lowest BCUT2D eigenvalue weighted by Crippen LogP contribution is -2.36. The minimum Gasteiger partial charge on any atom is -0.493 e. The van der Waals surface area contributed by atoms with E-state index in [0.717, 1.165) is 70.7 Å². The van der Waals surface area contributed by atoms with E-state index in [9.17, 15) is 8.42 Å². The molecular weight excluding hydrogens is 614 g/mol. The predicted octanol–water partition coefficient (Wildman–Crippen LogP) is 6.21. The van der Waals surface area contributed by atoms with Crippen molar-refractivity contribution in [2.24, 2.45) is 7.05 Å². The third-order valence-electron chi connectivity index (χ3n) is 8.81. The first kappa shape index (κ1) is 30.6. The summed E-state index contributed by atoms with van der Waals surface area (Å²) in [5, 5.41) is 5.10. The van der Waals surface area contributed by atoms with E-state index in [1.54, 1.807) is 44.7 Å². The van der Waals surface area contributed by atoms with Gasteiger partial charge in [0.2, 0.25) is 0 Å². The van der Waals surface area contributed by atoms with Crippen molar-refractivity contribution in [3.05, 3.63) is 96.3 Å². The molecule has 1 N–H and O–H groups in total. The van der Waals surface area contributed by atoms with Gasteiger partial charge in [-0.25, -0.2) is 17.4 Å². The standard InChI is InChI=1S/C36H37N5O5S/c1-24-5-11-28(12-6-24)47(42,43)41-33(31-23-39(2)32-21-35(45-4)34(44-3)20-30(31)32)19-29-25(13-14-37-36(29)41)22-38-26-7-9-27(10-8-26)40-15-17-46-18-16-40/h5-14,19-21,23,38H,15-18,22H2,1-4H3. The maximum atomic E-state index is 14.5. The van der Waals surface area contributed by atoms with Crippen LogP contribution in [-0.4, -0.2) is 62.5 Å². The second-order valence-corrected chi connectivity index (χ2v) is 13.5. The zero-order valence-corrected chi connectivity index (χ0v) is 27.7. The Bertz CT molecular complexity index is 2180. The number of fused-ring (bicyclic) bond motifs is 2. The first-order valence-corrected chi connectivity index (χ1v) is 16.9. The van der Waals surface area contributed by atoms with Crippen molar-refractivity contribution in [3.8, 4) is 22.8 Å². The third-order valence-corrected chi connectivity index (χ3v) is 10.5. The summed E-state index contributed by atoms with van der Waals surface area (Å²) >= 11 is 0. The largest absolute Gasteiger partial charge is 0.493 e. The first-order valence-electron chi connectivity index (χ1n) is 15.5. The topological polar surface area (TPSA) is 99.9 Å². The number of nitrogens with one attached hydrogen (secondary N) is 1. The van der Waals surface area contributed by atoms with E-state index >= 15 is 0 Å². The number of aromatic nitrogens is 3. The summed E-state index contributed by atoms with van der Waals surface area (Å²) in [6.07, 6.45) is 3.61. The van der Waals surface area contributed by atoms with Crippen molar-refractivity contribution in [1.29, 1.82) is 0 Å². The number of aryl methyl sites for hydroxylation is 2. The molecule has 0 radical (unpaired) electrons. The number of hydrogen-bond acceptors (Lipinski definition) is 8. The zero-order valence-electron chi connectivity index (χ0n) is 26.9. The lowest BCUT2D eigenvalue weighted by Gasteiger charge is -2.28. The van der Waals surface area contributed by atoms with Gasteiger partial charge in [0.05, 0.1) is 43.5 Å². The van der Waals surface area contributed by atoms with Crippen LogP contribution in [0, 0.1) is 6.92 Å². The van der Waals surface area contributed by atoms with Crippen molar-refractivity contribution in [1.82, 2.24) is 13.5 Å². The Hall–Kier alpha value is -5.00. The Morgan fingerprint density at radius 3 is 2.30 bits per heavy atom. The van der Waals surface area contributed by atoms with Crippen LogP contribution in [0.2, 0.25) is 0 Å². The summed E-state index contributed by atoms with van der Waals surface area (Å²) in [4.78, 5) is 7.16. The molecule has 1 aliphatic rings. The van der Waals surface area contributed by atoms with Gasteiger partial charge in [-0.05, 0) is 67.1 Å². The predicted molar refractivity (Wildman–Crippen MR) is 185 cm³/mol. The average molecular weight is 652 g/mol. The molecule has 4 heterocycles. The van der Waals surface area contributed by atoms with E-state index in [4.69, 9.17) is 14.2 Å². The minimum atomic E-state index is -4.05. The summed E-state index contributed by atoms with van der Waals surface area (Å²) in [5.41, 5.74) is 6.50. The molecule has 0 aliphatic carbocycles. The molecule has 6 aromatic rings. The fourth-order valence-corrected chi connectivity index (χ4v) is 7.73. The molecular formula is C36H37N5O5S. The molecule has 11 heteroatoms. The highest BCUT2D eigenvalue weighted by molar-refractivity contribution is 7.90. The number of methoxy groups -OCH3 is 2. The Balaban J connectivity index is 1.34. The molecule has 0 atom stereocenters. The second kappa shape index (κ2) is 12.3. The van der Waals surface area contributed by atoms with Crippen LogP contribution in [0.4, 0.5) is 11.4 Å². The maximum absolute atomic E-state index is 14.5. The molecule has 1 saturated heterocycles. The molecule has 0 saturated carbocycles. The van der Waals surface area contributed by atoms with Gasteiger partial charge in [-0.3, -0.25) is 0 Å². The van der Waals surface area contributed by atoms with E-state index in [0.29, 0.717) is 29.4 Å². The molecule has 1 fully saturated rings. The van der Waals surface area contributed by atoms with Gasteiger partial charge in [-0.2, -0.15) is 0 Å². The van der Waals surface area contributed by atoms with Crippen molar-refractivity contribution >= 4 is 43.3 Å². The van der Waals surface area contributed by atoms with Crippen molar-refractivity contribution in [2.75, 3.05) is 50.7 Å². The maximum Gasteiger partial charge on any atom is 0.269 e. The summed E-state index contributed by atoms with van der Waals surface area (Å²) < 4.78 is 49.0. The Labute approximate surface area is 274 Å². The van der Waals surface area contributed by atoms with Crippen molar-refractivity contribution < 1.29 is 22.6 Å². The fraction of sp³-hybridized carbons (Fsp3) is 0.250. The third kappa shape index (κ3) is 5.55. The Morgan fingerprint density at radius 2 is 1.60 bits per heavy atom. The van der Waals surface area contributed by atoms with Crippen LogP contribution in [0.15, 0.2) is 90.1 Å². The van der Waals surface area contributed by atoms with Gasteiger partial charge >= 0.3 is 0 Å². The Morgan fingerprint density at radius 1 is 0.894 bits per heavy atom. The minimum absolute atomic E-state index is 0.187. The summed E-state index contributed by atoms with van der Waals surface area (Å²) in [6.45, 7) is 5.64. The average Bonchev–Trinajstić information content (AvgIpc) is 3.65. The van der Waals surface area contributed by atoms with Crippen LogP contribution in [0.25, 0.3) is 33.2 Å². The van der Waals surface area contributed by atoms with Crippen LogP contribution in [0.3, 0.4) is 0 Å². The van der Waals surface area contributed by atoms with Gasteiger partial charge < -0.3 is 29.0 Å². The van der Waals surface area contributed by atoms with Gasteiger partial charge in [-0.1, -0.05) is 17.7 Å². The molecule has 0 bridgehead atoms. The lowest BCUT2D eigenvalue weighted by molar-refractivity contribution is 0.122. The van der Waals surface area contributed by atoms with Crippen LogP contribution in [-0.2, 0) is 28.4 Å². The molecule has 7 rings (SSSR count). The number of anilines is 2. The number of hydrogen-bond donors (Lipinski definition) is 1. The molecule has 10 nitrogen and oxygen atoms in total. The number of ether oxygens (including phenoxy) is 3. The second-order valence-electron chi connectivity index (χ2n) is 11.7. The molecule has 3 aromatic heterocycles. The number of morpholine rings is 1. The highest BCUT2D eigenvalue weighted by Gasteiger charge is 2.28. The summed E-state index contributed by atoms with van der Waals surface area (Å²) in [5.74, 6) is 1.15. The van der Waals surface area contributed by atoms with E-state index in [1.807, 2.05) is 49.0 Å². The molecule has 3 aromatic carbocycles. The van der Waals surface area contributed by atoms with Crippen molar-refractivity contribution in [2.45, 2.75) is 18.4 Å². The molecule has 0 unspecified atom stereocenters. The van der Waals surface area contributed by atoms with Gasteiger partial charge in [-0.15, -0.1) is 0 Å². The van der Waals surface area contributed by atoms with E-state index in [1.165, 1.54) is 3.97 Å². The van der Waals surface area contributed by atoms with Crippen LogP contribution in [0.1, 0.15) is 11.1 Å². The molecule has 0 amide bonds. The van der Waals surface area contributed by atoms with Gasteiger partial charge in [0.15, 0.2) is 17.1 Å². The SMILES string of the molecule is COc1cc2c(-c3cc4c(CNc5ccc(N6CCOCC6)cc5)ccnc4n3S(=O)(=O)c3ccc(C)cc3)cn(C)c2cc1OC. The molecule has 47 heavy (non-hydrogen) atoms. The quantitative estimate of drug-likeness (QED) is 0.197. The first-order chi connectivity index (χ1) is 22.8. The fourth-order valence-electron chi connectivity index (χ4n) is 6.25. The zero-order chi connectivity index (χ0) is 32.7. The number of benzene rings is 3. The van der Waals surface area contributed by atoms with Gasteiger partial charge in [0, 0.05) is 72.9 Å². The number of pyridine rings is 1. The highest BCUT2D eigenvalue weighted by Crippen LogP contribution is 2.41. The van der Waals surface area contributed by atoms with Gasteiger partial charge in [0.1, 0.15) is 0 Å². The number of nitrogens with zero attached hydrogens (tertiary/aromatic N) is 4. The summed E-state index contributed by atoms with van der Waals surface area (Å²) in [6, 6.07) is 22.9. The van der Waals surface area contributed by atoms with Gasteiger partial charge in [0.25, 0.3) is 10.0 Å². The van der Waals surface area contributed by atoms with E-state index in [-0.39, 0.29) is 4.90 Å². The van der Waals surface area contributed by atoms with Crippen LogP contribution in [0.5, 0.6) is 11.5 Å². The smallest absolute Gasteiger partial charge is 0.269 e. The van der Waals surface area contributed by atoms with E-state index in [2.05, 4.69) is 39.5 Å². The van der Waals surface area contributed by atoms with Crippen molar-refractivity contribution in [3.63, 3.8) is 0 Å². The normalized spacial score (nSPS) is 13.7. The van der Waals surface area contributed by atoms with E-state index < -0.39 is 10.0 Å². The lowest BCUT2D eigenvalue weighted by atomic mass is 10.1. The van der Waals surface area contributed by atoms with Crippen LogP contribution < -0.4 is 19.7 Å². The summed E-state index contributed by atoms with van der Waals surface area (Å²) in [7, 11) is 1.06. The Kier molecular flexibility index (Phi) is 8.03. The number of rotatable bonds is 9.